The minimum absolute atomic E-state index is 0.00963. The highest BCUT2D eigenvalue weighted by Gasteiger charge is 2.20. The molecule has 0 fully saturated rings. The van der Waals surface area contributed by atoms with E-state index >= 15 is 0 Å². The zero-order valence-electron chi connectivity index (χ0n) is 10.4. The lowest BCUT2D eigenvalue weighted by molar-refractivity contribution is 0.0986. The zero-order valence-corrected chi connectivity index (χ0v) is 12.7. The first kappa shape index (κ1) is 14.2. The van der Waals surface area contributed by atoms with Crippen molar-refractivity contribution in [3.05, 3.63) is 50.5 Å². The van der Waals surface area contributed by atoms with Crippen molar-refractivity contribution in [2.75, 3.05) is 0 Å². The molecule has 0 aliphatic carbocycles. The Morgan fingerprint density at radius 3 is 2.74 bits per heavy atom. The van der Waals surface area contributed by atoms with Crippen molar-refractivity contribution >= 4 is 33.3 Å². The van der Waals surface area contributed by atoms with Gasteiger partial charge in [-0.2, -0.15) is 5.10 Å². The van der Waals surface area contributed by atoms with Gasteiger partial charge >= 0.3 is 0 Å². The Morgan fingerprint density at radius 2 is 2.21 bits per heavy atom. The zero-order chi connectivity index (χ0) is 14.2. The number of carbonyl (C=O) groups excluding carboxylic acids is 1. The van der Waals surface area contributed by atoms with E-state index in [1.54, 1.807) is 24.7 Å². The fraction of sp³-hybridized carbons (Fsp3) is 0.231. The second kappa shape index (κ2) is 5.43. The summed E-state index contributed by atoms with van der Waals surface area (Å²) in [4.78, 5) is 12.2. The van der Waals surface area contributed by atoms with Crippen LogP contribution >= 0.6 is 27.5 Å². The molecule has 0 aliphatic heterocycles. The molecular formula is C13H11BrClFN2O. The average Bonchev–Trinajstić information content (AvgIpc) is 2.56. The van der Waals surface area contributed by atoms with E-state index in [0.29, 0.717) is 20.9 Å². The molecule has 0 atom stereocenters. The summed E-state index contributed by atoms with van der Waals surface area (Å²) in [5.41, 5.74) is 1.27. The minimum Gasteiger partial charge on any atom is -0.294 e. The number of carbonyl (C=O) groups is 1. The van der Waals surface area contributed by atoms with Crippen LogP contribution in [0, 0.1) is 12.7 Å². The van der Waals surface area contributed by atoms with E-state index in [2.05, 4.69) is 21.0 Å². The normalized spacial score (nSPS) is 10.8. The van der Waals surface area contributed by atoms with Crippen LogP contribution in [0.25, 0.3) is 0 Å². The molecule has 0 spiro atoms. The summed E-state index contributed by atoms with van der Waals surface area (Å²) >= 11 is 9.27. The van der Waals surface area contributed by atoms with E-state index in [0.717, 1.165) is 0 Å². The van der Waals surface area contributed by atoms with Gasteiger partial charge in [-0.15, -0.1) is 0 Å². The molecule has 3 nitrogen and oxygen atoms in total. The van der Waals surface area contributed by atoms with E-state index in [1.807, 2.05) is 0 Å². The predicted octanol–water partition coefficient (Wildman–Crippen LogP) is 3.71. The van der Waals surface area contributed by atoms with Gasteiger partial charge in [0.25, 0.3) is 0 Å². The van der Waals surface area contributed by atoms with E-state index in [1.165, 1.54) is 12.1 Å². The van der Waals surface area contributed by atoms with Gasteiger partial charge in [-0.25, -0.2) is 4.39 Å². The molecule has 0 saturated carbocycles. The molecule has 100 valence electrons. The quantitative estimate of drug-likeness (QED) is 0.795. The highest BCUT2D eigenvalue weighted by molar-refractivity contribution is 9.10. The summed E-state index contributed by atoms with van der Waals surface area (Å²) in [6, 6.07) is 4.43. The lowest BCUT2D eigenvalue weighted by Crippen LogP contribution is -2.10. The summed E-state index contributed by atoms with van der Waals surface area (Å²) in [5, 5.41) is 4.58. The number of halogens is 3. The number of nitrogens with zero attached hydrogens (tertiary/aromatic N) is 2. The van der Waals surface area contributed by atoms with Crippen molar-refractivity contribution in [3.63, 3.8) is 0 Å². The third kappa shape index (κ3) is 2.72. The number of ketones is 1. The van der Waals surface area contributed by atoms with Gasteiger partial charge in [0, 0.05) is 11.5 Å². The van der Waals surface area contributed by atoms with Crippen molar-refractivity contribution < 1.29 is 9.18 Å². The van der Waals surface area contributed by atoms with Crippen molar-refractivity contribution in [1.29, 1.82) is 0 Å². The molecule has 6 heteroatoms. The Hall–Kier alpha value is -1.20. The second-order valence-corrected chi connectivity index (χ2v) is 5.40. The highest BCUT2D eigenvalue weighted by atomic mass is 79.9. The smallest absolute Gasteiger partial charge is 0.172 e. The molecule has 0 amide bonds. The van der Waals surface area contributed by atoms with Gasteiger partial charge in [0.15, 0.2) is 5.78 Å². The van der Waals surface area contributed by atoms with Crippen LogP contribution < -0.4 is 0 Å². The Bertz CT molecular complexity index is 634. The maximum atomic E-state index is 13.7. The molecule has 1 heterocycles. The van der Waals surface area contributed by atoms with Crippen molar-refractivity contribution in [2.45, 2.75) is 13.3 Å². The van der Waals surface area contributed by atoms with Crippen LogP contribution in [0.2, 0.25) is 5.02 Å². The summed E-state index contributed by atoms with van der Waals surface area (Å²) in [7, 11) is 1.71. The summed E-state index contributed by atoms with van der Waals surface area (Å²) < 4.78 is 15.7. The van der Waals surface area contributed by atoms with Crippen LogP contribution in [0.15, 0.2) is 22.7 Å². The summed E-state index contributed by atoms with van der Waals surface area (Å²) in [6.45, 7) is 1.76. The van der Waals surface area contributed by atoms with Gasteiger partial charge in [-0.05, 0) is 35.0 Å². The van der Waals surface area contributed by atoms with Crippen molar-refractivity contribution in [2.24, 2.45) is 7.05 Å². The van der Waals surface area contributed by atoms with Gasteiger partial charge in [0.05, 0.1) is 28.4 Å². The third-order valence-electron chi connectivity index (χ3n) is 2.83. The molecule has 1 aromatic heterocycles. The summed E-state index contributed by atoms with van der Waals surface area (Å²) in [5.74, 6) is -0.885. The molecule has 0 bridgehead atoms. The van der Waals surface area contributed by atoms with Crippen LogP contribution in [0.4, 0.5) is 4.39 Å². The van der Waals surface area contributed by atoms with Crippen LogP contribution in [0.1, 0.15) is 21.7 Å². The van der Waals surface area contributed by atoms with Gasteiger partial charge in [0.1, 0.15) is 5.82 Å². The molecule has 0 aliphatic rings. The lowest BCUT2D eigenvalue weighted by atomic mass is 10.1. The molecule has 2 aromatic rings. The van der Waals surface area contributed by atoms with Crippen LogP contribution in [0.5, 0.6) is 0 Å². The molecule has 0 saturated heterocycles. The Labute approximate surface area is 123 Å². The first-order chi connectivity index (χ1) is 8.91. The lowest BCUT2D eigenvalue weighted by Gasteiger charge is -2.06. The minimum atomic E-state index is -0.547. The van der Waals surface area contributed by atoms with Crippen LogP contribution in [-0.4, -0.2) is 15.6 Å². The Morgan fingerprint density at radius 1 is 1.53 bits per heavy atom. The van der Waals surface area contributed by atoms with E-state index in [4.69, 9.17) is 11.6 Å². The van der Waals surface area contributed by atoms with Crippen molar-refractivity contribution in [1.82, 2.24) is 9.78 Å². The first-order valence-electron chi connectivity index (χ1n) is 5.57. The largest absolute Gasteiger partial charge is 0.294 e. The van der Waals surface area contributed by atoms with Gasteiger partial charge in [0.2, 0.25) is 0 Å². The molecule has 0 unspecified atom stereocenters. The summed E-state index contributed by atoms with van der Waals surface area (Å²) in [6.07, 6.45) is 0.00963. The molecule has 19 heavy (non-hydrogen) atoms. The molecule has 1 aromatic carbocycles. The van der Waals surface area contributed by atoms with Crippen LogP contribution in [-0.2, 0) is 13.5 Å². The average molecular weight is 346 g/mol. The molecule has 2 rings (SSSR count). The van der Waals surface area contributed by atoms with E-state index < -0.39 is 5.82 Å². The van der Waals surface area contributed by atoms with Gasteiger partial charge in [-0.3, -0.25) is 9.48 Å². The Kier molecular flexibility index (Phi) is 4.06. The van der Waals surface area contributed by atoms with Gasteiger partial charge in [-0.1, -0.05) is 17.7 Å². The Balaban J connectivity index is 2.36. The second-order valence-electron chi connectivity index (χ2n) is 4.17. The fourth-order valence-corrected chi connectivity index (χ4v) is 2.67. The molecular weight excluding hydrogens is 335 g/mol. The number of Topliss-reactive ketones (excluding diaryl/α,β-unsaturated/α-hetero) is 1. The van der Waals surface area contributed by atoms with E-state index in [-0.39, 0.29) is 17.8 Å². The number of aryl methyl sites for hydroxylation is 2. The van der Waals surface area contributed by atoms with Crippen molar-refractivity contribution in [3.8, 4) is 0 Å². The fourth-order valence-electron chi connectivity index (χ4n) is 1.88. The first-order valence-corrected chi connectivity index (χ1v) is 6.74. The SMILES string of the molecule is Cc1nn(C)c(CC(=O)c2c(F)cccc2Br)c1Cl. The number of hydrogen-bond acceptors (Lipinski definition) is 2. The number of benzene rings is 1. The number of rotatable bonds is 3. The maximum Gasteiger partial charge on any atom is 0.172 e. The molecule has 0 radical (unpaired) electrons. The molecule has 0 N–H and O–H groups in total. The standard InChI is InChI=1S/C13H11BrClFN2O/c1-7-13(15)10(18(2)17-7)6-11(19)12-8(14)4-3-5-9(12)16/h3-5H,6H2,1-2H3. The van der Waals surface area contributed by atoms with E-state index in [9.17, 15) is 9.18 Å². The number of aromatic nitrogens is 2. The predicted molar refractivity (Wildman–Crippen MR) is 75.1 cm³/mol. The van der Waals surface area contributed by atoms with Crippen LogP contribution in [0.3, 0.4) is 0 Å². The maximum absolute atomic E-state index is 13.7. The number of hydrogen-bond donors (Lipinski definition) is 0. The third-order valence-corrected chi connectivity index (χ3v) is 3.98. The van der Waals surface area contributed by atoms with Gasteiger partial charge < -0.3 is 0 Å². The monoisotopic (exact) mass is 344 g/mol. The topological polar surface area (TPSA) is 34.9 Å². The highest BCUT2D eigenvalue weighted by Crippen LogP contribution is 2.25.